The number of halogens is 1. The van der Waals surface area contributed by atoms with Crippen molar-refractivity contribution in [3.8, 4) is 0 Å². The van der Waals surface area contributed by atoms with Gasteiger partial charge in [-0.2, -0.15) is 0 Å². The summed E-state index contributed by atoms with van der Waals surface area (Å²) in [5.74, 6) is -0.840. The van der Waals surface area contributed by atoms with Crippen LogP contribution in [0.5, 0.6) is 0 Å². The SMILES string of the molecule is Cc1c(C)c(C)c(C(=O)OCC(=O)NCc2ccccc2Cl)c(C)c1C. The highest BCUT2D eigenvalue weighted by Crippen LogP contribution is 2.26. The molecule has 138 valence electrons. The van der Waals surface area contributed by atoms with E-state index in [1.165, 1.54) is 5.56 Å². The van der Waals surface area contributed by atoms with Gasteiger partial charge < -0.3 is 10.1 Å². The van der Waals surface area contributed by atoms with Gasteiger partial charge in [-0.25, -0.2) is 4.79 Å². The molecule has 2 rings (SSSR count). The van der Waals surface area contributed by atoms with Crippen molar-refractivity contribution in [3.63, 3.8) is 0 Å². The van der Waals surface area contributed by atoms with Crippen LogP contribution in [0.3, 0.4) is 0 Å². The van der Waals surface area contributed by atoms with Crippen molar-refractivity contribution >= 4 is 23.5 Å². The van der Waals surface area contributed by atoms with E-state index in [4.69, 9.17) is 16.3 Å². The highest BCUT2D eigenvalue weighted by atomic mass is 35.5. The fraction of sp³-hybridized carbons (Fsp3) is 0.333. The summed E-state index contributed by atoms with van der Waals surface area (Å²) in [6, 6.07) is 7.27. The molecule has 0 fully saturated rings. The van der Waals surface area contributed by atoms with E-state index in [2.05, 4.69) is 5.32 Å². The predicted octanol–water partition coefficient (Wildman–Crippen LogP) is 4.36. The van der Waals surface area contributed by atoms with E-state index in [0.29, 0.717) is 10.6 Å². The molecule has 0 spiro atoms. The third-order valence-electron chi connectivity index (χ3n) is 4.97. The Bertz CT molecular complexity index is 830. The van der Waals surface area contributed by atoms with Crippen LogP contribution in [0, 0.1) is 34.6 Å². The maximum Gasteiger partial charge on any atom is 0.339 e. The lowest BCUT2D eigenvalue weighted by molar-refractivity contribution is -0.124. The Morgan fingerprint density at radius 2 is 1.46 bits per heavy atom. The number of ether oxygens (including phenoxy) is 1. The standard InChI is InChI=1S/C21H24ClNO3/c1-12-13(2)15(4)20(16(5)14(12)3)21(25)26-11-19(24)23-10-17-8-6-7-9-18(17)22/h6-9H,10-11H2,1-5H3,(H,23,24). The molecule has 5 heteroatoms. The van der Waals surface area contributed by atoms with Crippen LogP contribution in [0.15, 0.2) is 24.3 Å². The minimum atomic E-state index is -0.473. The van der Waals surface area contributed by atoms with E-state index in [1.807, 2.05) is 52.8 Å². The summed E-state index contributed by atoms with van der Waals surface area (Å²) in [5, 5.41) is 3.29. The van der Waals surface area contributed by atoms with Crippen LogP contribution in [0.4, 0.5) is 0 Å². The number of nitrogens with one attached hydrogen (secondary N) is 1. The molecule has 1 amide bonds. The molecule has 0 aliphatic heterocycles. The Kier molecular flexibility index (Phi) is 6.43. The smallest absolute Gasteiger partial charge is 0.339 e. The van der Waals surface area contributed by atoms with Crippen LogP contribution in [0.1, 0.15) is 43.7 Å². The number of hydrogen-bond acceptors (Lipinski definition) is 3. The quantitative estimate of drug-likeness (QED) is 0.792. The summed E-state index contributed by atoms with van der Waals surface area (Å²) in [4.78, 5) is 24.5. The summed E-state index contributed by atoms with van der Waals surface area (Å²) < 4.78 is 5.24. The molecule has 0 heterocycles. The number of benzene rings is 2. The van der Waals surface area contributed by atoms with Crippen molar-refractivity contribution < 1.29 is 14.3 Å². The van der Waals surface area contributed by atoms with E-state index >= 15 is 0 Å². The van der Waals surface area contributed by atoms with Gasteiger partial charge in [0, 0.05) is 11.6 Å². The molecule has 0 aliphatic carbocycles. The molecular weight excluding hydrogens is 350 g/mol. The third-order valence-corrected chi connectivity index (χ3v) is 5.34. The van der Waals surface area contributed by atoms with Crippen molar-refractivity contribution in [3.05, 3.63) is 68.2 Å². The topological polar surface area (TPSA) is 55.4 Å². The van der Waals surface area contributed by atoms with Crippen molar-refractivity contribution in [2.45, 2.75) is 41.2 Å². The summed E-state index contributed by atoms with van der Waals surface area (Å²) in [5.41, 5.74) is 6.47. The number of carbonyl (C=O) groups is 2. The number of rotatable bonds is 5. The van der Waals surface area contributed by atoms with Gasteiger partial charge in [0.15, 0.2) is 6.61 Å². The number of esters is 1. The molecule has 0 radical (unpaired) electrons. The first-order valence-corrected chi connectivity index (χ1v) is 8.86. The fourth-order valence-electron chi connectivity index (χ4n) is 2.90. The van der Waals surface area contributed by atoms with Crippen LogP contribution >= 0.6 is 11.6 Å². The molecule has 2 aromatic rings. The second kappa shape index (κ2) is 8.37. The minimum Gasteiger partial charge on any atom is -0.452 e. The Balaban J connectivity index is 2.01. The van der Waals surface area contributed by atoms with Gasteiger partial charge in [0.05, 0.1) is 5.56 Å². The number of carbonyl (C=O) groups excluding carboxylic acids is 2. The molecule has 0 aliphatic rings. The highest BCUT2D eigenvalue weighted by molar-refractivity contribution is 6.31. The second-order valence-electron chi connectivity index (χ2n) is 6.44. The zero-order chi connectivity index (χ0) is 19.4. The summed E-state index contributed by atoms with van der Waals surface area (Å²) in [6.45, 7) is 9.80. The molecule has 1 N–H and O–H groups in total. The van der Waals surface area contributed by atoms with Crippen molar-refractivity contribution in [1.29, 1.82) is 0 Å². The lowest BCUT2D eigenvalue weighted by Gasteiger charge is -2.17. The van der Waals surface area contributed by atoms with E-state index in [9.17, 15) is 9.59 Å². The van der Waals surface area contributed by atoms with Gasteiger partial charge in [-0.3, -0.25) is 4.79 Å². The maximum atomic E-state index is 12.5. The van der Waals surface area contributed by atoms with Crippen LogP contribution in [-0.2, 0) is 16.1 Å². The fourth-order valence-corrected chi connectivity index (χ4v) is 3.10. The Morgan fingerprint density at radius 1 is 0.923 bits per heavy atom. The van der Waals surface area contributed by atoms with Crippen molar-refractivity contribution in [1.82, 2.24) is 5.32 Å². The largest absolute Gasteiger partial charge is 0.452 e. The van der Waals surface area contributed by atoms with Gasteiger partial charge in [-0.15, -0.1) is 0 Å². The van der Waals surface area contributed by atoms with Gasteiger partial charge in [0.1, 0.15) is 0 Å². The van der Waals surface area contributed by atoms with E-state index in [1.54, 1.807) is 6.07 Å². The number of hydrogen-bond donors (Lipinski definition) is 1. The zero-order valence-electron chi connectivity index (χ0n) is 15.8. The van der Waals surface area contributed by atoms with E-state index in [-0.39, 0.29) is 19.1 Å². The average Bonchev–Trinajstić information content (AvgIpc) is 2.62. The maximum absolute atomic E-state index is 12.5. The zero-order valence-corrected chi connectivity index (χ0v) is 16.6. The average molecular weight is 374 g/mol. The molecule has 0 unspecified atom stereocenters. The summed E-state index contributed by atoms with van der Waals surface area (Å²) in [7, 11) is 0. The van der Waals surface area contributed by atoms with E-state index < -0.39 is 5.97 Å². The van der Waals surface area contributed by atoms with Gasteiger partial charge in [0.25, 0.3) is 5.91 Å². The molecule has 2 aromatic carbocycles. The molecule has 0 bridgehead atoms. The molecule has 26 heavy (non-hydrogen) atoms. The lowest BCUT2D eigenvalue weighted by atomic mass is 9.90. The van der Waals surface area contributed by atoms with Crippen LogP contribution in [0.2, 0.25) is 5.02 Å². The first kappa shape index (κ1) is 20.0. The molecule has 4 nitrogen and oxygen atoms in total. The van der Waals surface area contributed by atoms with Crippen LogP contribution < -0.4 is 5.32 Å². The first-order chi connectivity index (χ1) is 12.2. The van der Waals surface area contributed by atoms with Gasteiger partial charge in [-0.05, 0) is 74.1 Å². The monoisotopic (exact) mass is 373 g/mol. The molecule has 0 atom stereocenters. The molecule has 0 saturated carbocycles. The Morgan fingerprint density at radius 3 is 2.04 bits per heavy atom. The van der Waals surface area contributed by atoms with Crippen molar-refractivity contribution in [2.24, 2.45) is 0 Å². The van der Waals surface area contributed by atoms with Crippen molar-refractivity contribution in [2.75, 3.05) is 6.61 Å². The molecule has 0 saturated heterocycles. The minimum absolute atomic E-state index is 0.289. The first-order valence-electron chi connectivity index (χ1n) is 8.48. The Hall–Kier alpha value is -2.33. The van der Waals surface area contributed by atoms with Crippen LogP contribution in [-0.4, -0.2) is 18.5 Å². The predicted molar refractivity (Wildman–Crippen MR) is 104 cm³/mol. The normalized spacial score (nSPS) is 10.5. The second-order valence-corrected chi connectivity index (χ2v) is 6.85. The third kappa shape index (κ3) is 4.25. The number of amides is 1. The Labute approximate surface area is 159 Å². The van der Waals surface area contributed by atoms with Gasteiger partial charge in [-0.1, -0.05) is 29.8 Å². The van der Waals surface area contributed by atoms with Crippen LogP contribution in [0.25, 0.3) is 0 Å². The van der Waals surface area contributed by atoms with E-state index in [0.717, 1.165) is 27.8 Å². The lowest BCUT2D eigenvalue weighted by Crippen LogP contribution is -2.28. The van der Waals surface area contributed by atoms with Gasteiger partial charge in [0.2, 0.25) is 0 Å². The van der Waals surface area contributed by atoms with Gasteiger partial charge >= 0.3 is 5.97 Å². The molecular formula is C21H24ClNO3. The summed E-state index contributed by atoms with van der Waals surface area (Å²) >= 11 is 6.06. The molecule has 0 aromatic heterocycles. The highest BCUT2D eigenvalue weighted by Gasteiger charge is 2.20. The summed E-state index contributed by atoms with van der Waals surface area (Å²) in [6.07, 6.45) is 0.